The van der Waals surface area contributed by atoms with Crippen molar-refractivity contribution in [3.63, 3.8) is 0 Å². The zero-order valence-electron chi connectivity index (χ0n) is 15.2. The number of aromatic nitrogens is 3. The van der Waals surface area contributed by atoms with Crippen LogP contribution in [0.15, 0.2) is 48.9 Å². The number of nitrogens with one attached hydrogen (secondary N) is 1. The average Bonchev–Trinajstić information content (AvgIpc) is 2.95. The van der Waals surface area contributed by atoms with Crippen molar-refractivity contribution in [3.05, 3.63) is 77.1 Å². The summed E-state index contributed by atoms with van der Waals surface area (Å²) in [7, 11) is 1.60. The number of aryl methyl sites for hydroxylation is 1. The minimum atomic E-state index is -0.100. The molecule has 0 saturated carbocycles. The van der Waals surface area contributed by atoms with E-state index in [9.17, 15) is 4.79 Å². The van der Waals surface area contributed by atoms with Gasteiger partial charge in [0.05, 0.1) is 31.1 Å². The molecule has 3 rings (SSSR count). The van der Waals surface area contributed by atoms with Crippen LogP contribution in [0, 0.1) is 13.8 Å². The quantitative estimate of drug-likeness (QED) is 0.742. The Hall–Kier alpha value is -3.15. The molecular weight excluding hydrogens is 328 g/mol. The number of rotatable bonds is 6. The number of carbonyl (C=O) groups is 1. The SMILES string of the molecule is COc1ccc(CNC(=O)c2cc(C)n(Cc3ccncc3)c2C)nc1. The molecule has 3 aromatic heterocycles. The number of hydrogen-bond donors (Lipinski definition) is 1. The predicted molar refractivity (Wildman–Crippen MR) is 99.2 cm³/mol. The summed E-state index contributed by atoms with van der Waals surface area (Å²) in [6, 6.07) is 9.55. The summed E-state index contributed by atoms with van der Waals surface area (Å²) in [5.41, 5.74) is 4.61. The van der Waals surface area contributed by atoms with E-state index in [-0.39, 0.29) is 5.91 Å². The van der Waals surface area contributed by atoms with Gasteiger partial charge in [-0.1, -0.05) is 0 Å². The maximum absolute atomic E-state index is 12.6. The molecule has 0 bridgehead atoms. The van der Waals surface area contributed by atoms with E-state index in [1.54, 1.807) is 25.7 Å². The van der Waals surface area contributed by atoms with Gasteiger partial charge in [0.15, 0.2) is 0 Å². The third-order valence-corrected chi connectivity index (χ3v) is 4.37. The lowest BCUT2D eigenvalue weighted by Gasteiger charge is -2.10. The van der Waals surface area contributed by atoms with Gasteiger partial charge in [-0.2, -0.15) is 0 Å². The number of amides is 1. The van der Waals surface area contributed by atoms with Gasteiger partial charge >= 0.3 is 0 Å². The number of ether oxygens (including phenoxy) is 1. The molecule has 26 heavy (non-hydrogen) atoms. The van der Waals surface area contributed by atoms with E-state index in [1.165, 1.54) is 0 Å². The fourth-order valence-electron chi connectivity index (χ4n) is 2.85. The van der Waals surface area contributed by atoms with E-state index >= 15 is 0 Å². The first-order chi connectivity index (χ1) is 12.6. The van der Waals surface area contributed by atoms with Gasteiger partial charge in [-0.05, 0) is 49.7 Å². The van der Waals surface area contributed by atoms with E-state index in [0.717, 1.165) is 22.6 Å². The van der Waals surface area contributed by atoms with Crippen LogP contribution >= 0.6 is 0 Å². The molecule has 0 spiro atoms. The zero-order chi connectivity index (χ0) is 18.5. The van der Waals surface area contributed by atoms with Crippen molar-refractivity contribution in [1.82, 2.24) is 19.9 Å². The highest BCUT2D eigenvalue weighted by Crippen LogP contribution is 2.17. The molecule has 1 amide bonds. The number of nitrogens with zero attached hydrogens (tertiary/aromatic N) is 3. The lowest BCUT2D eigenvalue weighted by Crippen LogP contribution is -2.23. The molecule has 3 heterocycles. The standard InChI is InChI=1S/C20H22N4O2/c1-14-10-19(15(2)24(14)13-16-6-8-21-9-7-16)20(25)23-11-17-4-5-18(26-3)12-22-17/h4-10,12H,11,13H2,1-3H3,(H,23,25). The van der Waals surface area contributed by atoms with Gasteiger partial charge in [-0.15, -0.1) is 0 Å². The minimum Gasteiger partial charge on any atom is -0.495 e. The van der Waals surface area contributed by atoms with E-state index in [2.05, 4.69) is 19.9 Å². The van der Waals surface area contributed by atoms with Crippen LogP contribution in [0.1, 0.15) is 33.0 Å². The van der Waals surface area contributed by atoms with Crippen LogP contribution in [0.2, 0.25) is 0 Å². The molecule has 1 N–H and O–H groups in total. The molecule has 0 aliphatic heterocycles. The van der Waals surface area contributed by atoms with E-state index < -0.39 is 0 Å². The molecule has 134 valence electrons. The fraction of sp³-hybridized carbons (Fsp3) is 0.250. The van der Waals surface area contributed by atoms with Crippen molar-refractivity contribution < 1.29 is 9.53 Å². The summed E-state index contributed by atoms with van der Waals surface area (Å²) in [5.74, 6) is 0.594. The molecule has 0 fully saturated rings. The summed E-state index contributed by atoms with van der Waals surface area (Å²) in [6.45, 7) is 5.06. The summed E-state index contributed by atoms with van der Waals surface area (Å²) in [4.78, 5) is 20.9. The normalized spacial score (nSPS) is 10.6. The Kier molecular flexibility index (Phi) is 5.31. The third kappa shape index (κ3) is 3.91. The van der Waals surface area contributed by atoms with Gasteiger partial charge < -0.3 is 14.6 Å². The molecule has 0 aliphatic rings. The van der Waals surface area contributed by atoms with E-state index in [4.69, 9.17) is 4.74 Å². The maximum atomic E-state index is 12.6. The summed E-state index contributed by atoms with van der Waals surface area (Å²) in [6.07, 6.45) is 5.19. The van der Waals surface area contributed by atoms with Crippen LogP contribution in [-0.2, 0) is 13.1 Å². The van der Waals surface area contributed by atoms with Gasteiger partial charge in [0.2, 0.25) is 0 Å². The largest absolute Gasteiger partial charge is 0.495 e. The van der Waals surface area contributed by atoms with Crippen molar-refractivity contribution in [2.75, 3.05) is 7.11 Å². The van der Waals surface area contributed by atoms with Crippen LogP contribution < -0.4 is 10.1 Å². The highest BCUT2D eigenvalue weighted by atomic mass is 16.5. The second-order valence-electron chi connectivity index (χ2n) is 6.10. The Balaban J connectivity index is 1.70. The number of carbonyl (C=O) groups excluding carboxylic acids is 1. The van der Waals surface area contributed by atoms with Crippen molar-refractivity contribution in [2.24, 2.45) is 0 Å². The lowest BCUT2D eigenvalue weighted by molar-refractivity contribution is 0.0949. The van der Waals surface area contributed by atoms with E-state index in [1.807, 2.05) is 44.2 Å². The average molecular weight is 350 g/mol. The molecule has 0 aromatic carbocycles. The maximum Gasteiger partial charge on any atom is 0.253 e. The van der Waals surface area contributed by atoms with Gasteiger partial charge in [-0.25, -0.2) is 0 Å². The van der Waals surface area contributed by atoms with Crippen LogP contribution in [0.4, 0.5) is 0 Å². The molecular formula is C20H22N4O2. The van der Waals surface area contributed by atoms with Crippen molar-refractivity contribution in [1.29, 1.82) is 0 Å². The number of pyridine rings is 2. The topological polar surface area (TPSA) is 69.0 Å². The lowest BCUT2D eigenvalue weighted by atomic mass is 10.2. The van der Waals surface area contributed by atoms with Crippen molar-refractivity contribution >= 4 is 5.91 Å². The third-order valence-electron chi connectivity index (χ3n) is 4.37. The van der Waals surface area contributed by atoms with Crippen LogP contribution in [0.25, 0.3) is 0 Å². The first kappa shape index (κ1) is 17.7. The molecule has 0 radical (unpaired) electrons. The van der Waals surface area contributed by atoms with Gasteiger partial charge in [0.1, 0.15) is 5.75 Å². The highest BCUT2D eigenvalue weighted by molar-refractivity contribution is 5.95. The Morgan fingerprint density at radius 1 is 1.19 bits per heavy atom. The molecule has 6 nitrogen and oxygen atoms in total. The monoisotopic (exact) mass is 350 g/mol. The smallest absolute Gasteiger partial charge is 0.253 e. The van der Waals surface area contributed by atoms with Crippen molar-refractivity contribution in [3.8, 4) is 5.75 Å². The molecule has 3 aromatic rings. The van der Waals surface area contributed by atoms with E-state index in [0.29, 0.717) is 24.4 Å². The Bertz CT molecular complexity index is 886. The summed E-state index contributed by atoms with van der Waals surface area (Å²) in [5, 5.41) is 2.93. The van der Waals surface area contributed by atoms with Crippen LogP contribution in [-0.4, -0.2) is 27.6 Å². The predicted octanol–water partition coefficient (Wildman–Crippen LogP) is 2.88. The number of hydrogen-bond acceptors (Lipinski definition) is 4. The summed E-state index contributed by atoms with van der Waals surface area (Å²) >= 11 is 0. The molecule has 6 heteroatoms. The second kappa shape index (κ2) is 7.82. The zero-order valence-corrected chi connectivity index (χ0v) is 15.2. The van der Waals surface area contributed by atoms with Crippen molar-refractivity contribution in [2.45, 2.75) is 26.9 Å². The first-order valence-corrected chi connectivity index (χ1v) is 8.41. The van der Waals surface area contributed by atoms with Gasteiger partial charge in [0, 0.05) is 30.3 Å². The molecule has 0 aliphatic carbocycles. The van der Waals surface area contributed by atoms with Crippen LogP contribution in [0.5, 0.6) is 5.75 Å². The molecule has 0 unspecified atom stereocenters. The Morgan fingerprint density at radius 2 is 1.96 bits per heavy atom. The van der Waals surface area contributed by atoms with Crippen LogP contribution in [0.3, 0.4) is 0 Å². The first-order valence-electron chi connectivity index (χ1n) is 8.41. The Morgan fingerprint density at radius 3 is 2.62 bits per heavy atom. The second-order valence-corrected chi connectivity index (χ2v) is 6.10. The molecule has 0 saturated heterocycles. The number of methoxy groups -OCH3 is 1. The highest BCUT2D eigenvalue weighted by Gasteiger charge is 2.15. The molecule has 0 atom stereocenters. The fourth-order valence-corrected chi connectivity index (χ4v) is 2.85. The van der Waals surface area contributed by atoms with Gasteiger partial charge in [0.25, 0.3) is 5.91 Å². The summed E-state index contributed by atoms with van der Waals surface area (Å²) < 4.78 is 7.22. The van der Waals surface area contributed by atoms with Gasteiger partial charge in [-0.3, -0.25) is 14.8 Å². The Labute approximate surface area is 152 Å². The minimum absolute atomic E-state index is 0.100.